The van der Waals surface area contributed by atoms with Crippen LogP contribution in [0.25, 0.3) is 0 Å². The van der Waals surface area contributed by atoms with Crippen molar-refractivity contribution in [2.45, 2.75) is 95.4 Å². The molecule has 2 aliphatic rings. The van der Waals surface area contributed by atoms with Gasteiger partial charge in [-0.2, -0.15) is 13.2 Å². The van der Waals surface area contributed by atoms with Crippen LogP contribution in [-0.2, 0) is 9.16 Å². The van der Waals surface area contributed by atoms with Crippen molar-refractivity contribution in [3.63, 3.8) is 0 Å². The fraction of sp³-hybridized carbons (Fsp3) is 0.941. The van der Waals surface area contributed by atoms with Crippen molar-refractivity contribution in [2.75, 3.05) is 6.54 Å². The van der Waals surface area contributed by atoms with Crippen molar-refractivity contribution in [3.8, 4) is 0 Å². The third-order valence-electron chi connectivity index (χ3n) is 4.84. The predicted molar refractivity (Wildman–Crippen MR) is 92.0 cm³/mol. The van der Waals surface area contributed by atoms with Crippen molar-refractivity contribution in [1.82, 2.24) is 4.90 Å². The van der Waals surface area contributed by atoms with Crippen LogP contribution in [0.2, 0.25) is 19.6 Å². The van der Waals surface area contributed by atoms with Gasteiger partial charge in [0, 0.05) is 24.9 Å². The molecule has 2 rings (SSSR count). The lowest BCUT2D eigenvalue weighted by molar-refractivity contribution is -0.280. The molecule has 1 atom stereocenters. The second-order valence-electron chi connectivity index (χ2n) is 9.34. The van der Waals surface area contributed by atoms with Gasteiger partial charge in [0.25, 0.3) is 0 Å². The zero-order valence-corrected chi connectivity index (χ0v) is 17.0. The number of hydrogen-bond acceptors (Lipinski definition) is 3. The molecule has 0 N–H and O–H groups in total. The number of amides is 1. The molecule has 25 heavy (non-hydrogen) atoms. The Morgan fingerprint density at radius 1 is 1.08 bits per heavy atom. The lowest BCUT2D eigenvalue weighted by atomic mass is 9.65. The van der Waals surface area contributed by atoms with E-state index < -0.39 is 37.3 Å². The van der Waals surface area contributed by atoms with Crippen LogP contribution in [0.5, 0.6) is 0 Å². The molecule has 0 aromatic rings. The van der Waals surface area contributed by atoms with E-state index in [2.05, 4.69) is 0 Å². The van der Waals surface area contributed by atoms with Gasteiger partial charge in [-0.05, 0) is 59.7 Å². The van der Waals surface area contributed by atoms with Crippen molar-refractivity contribution in [3.05, 3.63) is 0 Å². The standard InChI is InChI=1S/C17H30F3NO3Si/c1-14(2,3)23-13(22)21-11-10-16(17(18,19)20,24-25(4,5)6)12-15(21)8-7-9-15/h7-12H2,1-6H3. The minimum Gasteiger partial charge on any atom is -0.444 e. The second kappa shape index (κ2) is 6.15. The monoisotopic (exact) mass is 381 g/mol. The van der Waals surface area contributed by atoms with Gasteiger partial charge in [0.15, 0.2) is 13.9 Å². The highest BCUT2D eigenvalue weighted by atomic mass is 28.4. The molecule has 1 heterocycles. The van der Waals surface area contributed by atoms with Gasteiger partial charge < -0.3 is 14.1 Å². The van der Waals surface area contributed by atoms with Gasteiger partial charge in [-0.15, -0.1) is 0 Å². The van der Waals surface area contributed by atoms with E-state index in [1.54, 1.807) is 40.4 Å². The molecule has 2 fully saturated rings. The molecule has 0 aromatic heterocycles. The molecular weight excluding hydrogens is 351 g/mol. The van der Waals surface area contributed by atoms with Crippen LogP contribution >= 0.6 is 0 Å². The molecule has 1 aliphatic carbocycles. The van der Waals surface area contributed by atoms with E-state index in [1.165, 1.54) is 4.90 Å². The number of hydrogen-bond donors (Lipinski definition) is 0. The van der Waals surface area contributed by atoms with Crippen LogP contribution in [0.15, 0.2) is 0 Å². The Labute approximate surface area is 149 Å². The normalized spacial score (nSPS) is 27.2. The van der Waals surface area contributed by atoms with E-state index in [-0.39, 0.29) is 19.4 Å². The van der Waals surface area contributed by atoms with Gasteiger partial charge in [0.1, 0.15) is 5.60 Å². The number of ether oxygens (including phenoxy) is 1. The van der Waals surface area contributed by atoms with Gasteiger partial charge in [-0.1, -0.05) is 0 Å². The molecule has 1 saturated heterocycles. The number of alkyl halides is 3. The average Bonchev–Trinajstić information content (AvgIpc) is 2.30. The predicted octanol–water partition coefficient (Wildman–Crippen LogP) is 5.09. The van der Waals surface area contributed by atoms with Gasteiger partial charge in [-0.3, -0.25) is 0 Å². The third-order valence-corrected chi connectivity index (χ3v) is 5.85. The maximum Gasteiger partial charge on any atom is 0.416 e. The van der Waals surface area contributed by atoms with Crippen LogP contribution in [0.4, 0.5) is 18.0 Å². The minimum atomic E-state index is -4.45. The molecule has 0 bridgehead atoms. The summed E-state index contributed by atoms with van der Waals surface area (Å²) in [6, 6.07) is 0. The highest BCUT2D eigenvalue weighted by molar-refractivity contribution is 6.69. The lowest BCUT2D eigenvalue weighted by Gasteiger charge is -2.59. The van der Waals surface area contributed by atoms with E-state index in [0.717, 1.165) is 6.42 Å². The van der Waals surface area contributed by atoms with E-state index >= 15 is 0 Å². The SMILES string of the molecule is CC(C)(C)OC(=O)N1CCC(O[Si](C)(C)C)(C(F)(F)F)CC12CCC2. The first-order valence-corrected chi connectivity index (χ1v) is 12.3. The Bertz CT molecular complexity index is 521. The minimum absolute atomic E-state index is 0.0128. The first-order chi connectivity index (χ1) is 11.1. The van der Waals surface area contributed by atoms with Crippen LogP contribution < -0.4 is 0 Å². The average molecular weight is 382 g/mol. The number of piperidine rings is 1. The van der Waals surface area contributed by atoms with Crippen molar-refractivity contribution in [1.29, 1.82) is 0 Å². The summed E-state index contributed by atoms with van der Waals surface area (Å²) in [6.45, 7) is 10.6. The Morgan fingerprint density at radius 2 is 1.64 bits per heavy atom. The van der Waals surface area contributed by atoms with E-state index in [4.69, 9.17) is 9.16 Å². The maximum atomic E-state index is 14.0. The molecule has 1 spiro atoms. The van der Waals surface area contributed by atoms with Crippen LogP contribution in [-0.4, -0.2) is 48.8 Å². The van der Waals surface area contributed by atoms with E-state index in [0.29, 0.717) is 12.8 Å². The first kappa shape index (κ1) is 20.5. The number of nitrogens with zero attached hydrogens (tertiary/aromatic N) is 1. The molecule has 0 aromatic carbocycles. The summed E-state index contributed by atoms with van der Waals surface area (Å²) in [5, 5.41) is 0. The third kappa shape index (κ3) is 4.32. The first-order valence-electron chi connectivity index (χ1n) is 8.87. The smallest absolute Gasteiger partial charge is 0.416 e. The van der Waals surface area contributed by atoms with Crippen molar-refractivity contribution in [2.24, 2.45) is 0 Å². The molecule has 8 heteroatoms. The fourth-order valence-corrected chi connectivity index (χ4v) is 5.31. The molecule has 146 valence electrons. The number of rotatable bonds is 2. The van der Waals surface area contributed by atoms with E-state index in [9.17, 15) is 18.0 Å². The summed E-state index contributed by atoms with van der Waals surface area (Å²) in [4.78, 5) is 14.1. The molecule has 4 nitrogen and oxygen atoms in total. The van der Waals surface area contributed by atoms with Crippen molar-refractivity contribution < 1.29 is 27.1 Å². The van der Waals surface area contributed by atoms with Gasteiger partial charge in [0.05, 0.1) is 0 Å². The number of carbonyl (C=O) groups excluding carboxylic acids is 1. The maximum absolute atomic E-state index is 14.0. The molecule has 1 unspecified atom stereocenters. The Morgan fingerprint density at radius 3 is 2.00 bits per heavy atom. The molecule has 0 radical (unpaired) electrons. The van der Waals surface area contributed by atoms with Gasteiger partial charge in [0.2, 0.25) is 0 Å². The largest absolute Gasteiger partial charge is 0.444 e. The van der Waals surface area contributed by atoms with Gasteiger partial charge in [-0.25, -0.2) is 4.79 Å². The zero-order chi connectivity index (χ0) is 19.3. The zero-order valence-electron chi connectivity index (χ0n) is 16.0. The quantitative estimate of drug-likeness (QED) is 0.625. The summed E-state index contributed by atoms with van der Waals surface area (Å²) in [5.41, 5.74) is -3.62. The molecule has 1 aliphatic heterocycles. The summed E-state index contributed by atoms with van der Waals surface area (Å²) in [5.74, 6) is 0. The van der Waals surface area contributed by atoms with Crippen LogP contribution in [0.3, 0.4) is 0 Å². The van der Waals surface area contributed by atoms with Crippen LogP contribution in [0.1, 0.15) is 52.9 Å². The number of carbonyl (C=O) groups is 1. The summed E-state index contributed by atoms with van der Waals surface area (Å²) < 4.78 is 53.1. The number of likely N-dealkylation sites (tertiary alicyclic amines) is 1. The van der Waals surface area contributed by atoms with E-state index in [1.807, 2.05) is 0 Å². The van der Waals surface area contributed by atoms with Crippen LogP contribution in [0, 0.1) is 0 Å². The molecule has 1 saturated carbocycles. The Balaban J connectivity index is 2.30. The molecule has 1 amide bonds. The summed E-state index contributed by atoms with van der Waals surface area (Å²) in [6.07, 6.45) is -3.43. The second-order valence-corrected chi connectivity index (χ2v) is 13.8. The van der Waals surface area contributed by atoms with Gasteiger partial charge >= 0.3 is 12.3 Å². The fourth-order valence-electron chi connectivity index (χ4n) is 3.85. The van der Waals surface area contributed by atoms with Crippen molar-refractivity contribution >= 4 is 14.4 Å². The summed E-state index contributed by atoms with van der Waals surface area (Å²) in [7, 11) is -2.42. The topological polar surface area (TPSA) is 38.8 Å². The highest BCUT2D eigenvalue weighted by Gasteiger charge is 2.65. The highest BCUT2D eigenvalue weighted by Crippen LogP contribution is 2.54. The molecular formula is C17H30F3NO3Si. The summed E-state index contributed by atoms with van der Waals surface area (Å²) >= 11 is 0. The Hall–Kier alpha value is -0.763. The number of halogens is 3. The lowest BCUT2D eigenvalue weighted by Crippen LogP contribution is -2.69. The Kier molecular flexibility index (Phi) is 5.05.